The van der Waals surface area contributed by atoms with E-state index in [2.05, 4.69) is 93.7 Å². The first-order valence-corrected chi connectivity index (χ1v) is 24.7. The van der Waals surface area contributed by atoms with Gasteiger partial charge in [0.2, 0.25) is 0 Å². The van der Waals surface area contributed by atoms with Gasteiger partial charge in [-0.25, -0.2) is 0 Å². The van der Waals surface area contributed by atoms with E-state index in [1.807, 2.05) is 24.3 Å². The van der Waals surface area contributed by atoms with Gasteiger partial charge in [0.1, 0.15) is 13.2 Å². The lowest BCUT2D eigenvalue weighted by Gasteiger charge is -2.18. The molecule has 0 amide bonds. The standard InChI is InChI=1S/C55H90O6/c1-4-7-10-13-16-19-22-25-26-27-28-31-33-36-39-42-45-48-54(57)60-51-52(61-55(58)49-46-43-40-37-34-30-24-21-18-15-12-9-6-3)50-59-53(56)47-44-41-38-35-32-29-23-20-17-14-11-8-5-2/h8-9,11-12,17-18,20-21,29-30,32,34,38,40-41,43,52H,4-7,10,13-16,19,22-28,31,33,35-37,39,42,44-51H2,1-3H3/b11-8-,12-9-,20-17-,21-18-,32-29-,34-30-,41-38-,43-40-. The Labute approximate surface area is 375 Å². The van der Waals surface area contributed by atoms with E-state index < -0.39 is 12.1 Å². The van der Waals surface area contributed by atoms with Crippen molar-refractivity contribution in [2.45, 2.75) is 219 Å². The lowest BCUT2D eigenvalue weighted by atomic mass is 10.0. The zero-order valence-electron chi connectivity index (χ0n) is 39.4. The van der Waals surface area contributed by atoms with E-state index in [0.717, 1.165) is 70.6 Å². The minimum atomic E-state index is -0.842. The van der Waals surface area contributed by atoms with Crippen molar-refractivity contribution < 1.29 is 28.6 Å². The molecule has 0 bridgehead atoms. The van der Waals surface area contributed by atoms with Crippen LogP contribution in [0.25, 0.3) is 0 Å². The number of unbranched alkanes of at least 4 members (excludes halogenated alkanes) is 16. The van der Waals surface area contributed by atoms with E-state index in [4.69, 9.17) is 14.2 Å². The van der Waals surface area contributed by atoms with E-state index in [0.29, 0.717) is 19.3 Å². The number of rotatable bonds is 43. The van der Waals surface area contributed by atoms with E-state index in [1.165, 1.54) is 89.9 Å². The summed E-state index contributed by atoms with van der Waals surface area (Å²) in [5.41, 5.74) is 0. The number of allylic oxidation sites excluding steroid dienone is 16. The van der Waals surface area contributed by atoms with Crippen molar-refractivity contribution >= 4 is 17.9 Å². The van der Waals surface area contributed by atoms with Crippen molar-refractivity contribution in [2.24, 2.45) is 0 Å². The lowest BCUT2D eigenvalue weighted by molar-refractivity contribution is -0.166. The SMILES string of the molecule is CC/C=C\C/C=C\C/C=C\C/C=C\CCC(=O)OCC(COC(=O)CCCCCCCCCCCCCCCCCCC)OC(=O)CC/C=C\C/C=C\C/C=C\C/C=C\CC. The summed E-state index contributed by atoms with van der Waals surface area (Å²) in [6.45, 7) is 6.27. The van der Waals surface area contributed by atoms with Gasteiger partial charge in [0.25, 0.3) is 0 Å². The minimum absolute atomic E-state index is 0.127. The molecule has 1 atom stereocenters. The fraction of sp³-hybridized carbons (Fsp3) is 0.655. The highest BCUT2D eigenvalue weighted by Gasteiger charge is 2.19. The van der Waals surface area contributed by atoms with E-state index in [9.17, 15) is 14.4 Å². The zero-order chi connectivity index (χ0) is 44.4. The third-order valence-electron chi connectivity index (χ3n) is 10.1. The smallest absolute Gasteiger partial charge is 0.306 e. The maximum atomic E-state index is 12.7. The van der Waals surface area contributed by atoms with Crippen molar-refractivity contribution in [3.05, 3.63) is 97.2 Å². The van der Waals surface area contributed by atoms with Crippen LogP contribution < -0.4 is 0 Å². The largest absolute Gasteiger partial charge is 0.462 e. The van der Waals surface area contributed by atoms with E-state index in [1.54, 1.807) is 0 Å². The number of carbonyl (C=O) groups excluding carboxylic acids is 3. The molecule has 0 radical (unpaired) electrons. The van der Waals surface area contributed by atoms with Crippen LogP contribution in [0.4, 0.5) is 0 Å². The molecule has 0 aromatic rings. The molecular formula is C55H90O6. The van der Waals surface area contributed by atoms with Crippen LogP contribution in [0.15, 0.2) is 97.2 Å². The van der Waals surface area contributed by atoms with E-state index in [-0.39, 0.29) is 38.0 Å². The summed E-state index contributed by atoms with van der Waals surface area (Å²) in [6.07, 6.45) is 64.2. The molecular weight excluding hydrogens is 757 g/mol. The number of esters is 3. The lowest BCUT2D eigenvalue weighted by Crippen LogP contribution is -2.30. The number of ether oxygens (including phenoxy) is 3. The molecule has 0 rings (SSSR count). The second kappa shape index (κ2) is 49.0. The molecule has 6 nitrogen and oxygen atoms in total. The molecule has 0 spiro atoms. The first-order valence-electron chi connectivity index (χ1n) is 24.7. The molecule has 0 aliphatic carbocycles. The van der Waals surface area contributed by atoms with Crippen LogP contribution in [0.2, 0.25) is 0 Å². The summed E-state index contributed by atoms with van der Waals surface area (Å²) < 4.78 is 16.6. The van der Waals surface area contributed by atoms with Gasteiger partial charge >= 0.3 is 17.9 Å². The van der Waals surface area contributed by atoms with Crippen LogP contribution in [0.1, 0.15) is 213 Å². The Morgan fingerprint density at radius 3 is 1.00 bits per heavy atom. The average Bonchev–Trinajstić information content (AvgIpc) is 3.26. The van der Waals surface area contributed by atoms with Crippen molar-refractivity contribution in [1.82, 2.24) is 0 Å². The maximum Gasteiger partial charge on any atom is 0.306 e. The Kier molecular flexibility index (Phi) is 46.0. The summed E-state index contributed by atoms with van der Waals surface area (Å²) in [6, 6.07) is 0. The highest BCUT2D eigenvalue weighted by atomic mass is 16.6. The van der Waals surface area contributed by atoms with Gasteiger partial charge in [-0.3, -0.25) is 14.4 Å². The van der Waals surface area contributed by atoms with Gasteiger partial charge < -0.3 is 14.2 Å². The van der Waals surface area contributed by atoms with Gasteiger partial charge in [-0.05, 0) is 70.6 Å². The quantitative estimate of drug-likeness (QED) is 0.0263. The summed E-state index contributed by atoms with van der Waals surface area (Å²) in [5, 5.41) is 0. The normalized spacial score (nSPS) is 12.9. The van der Waals surface area contributed by atoms with Crippen molar-refractivity contribution in [3.8, 4) is 0 Å². The van der Waals surface area contributed by atoms with Crippen LogP contribution in [0.3, 0.4) is 0 Å². The summed E-state index contributed by atoms with van der Waals surface area (Å²) >= 11 is 0. The molecule has 1 unspecified atom stereocenters. The second-order valence-electron chi connectivity index (χ2n) is 16.0. The molecule has 0 saturated carbocycles. The first-order chi connectivity index (χ1) is 30.0. The fourth-order valence-corrected chi connectivity index (χ4v) is 6.47. The third-order valence-corrected chi connectivity index (χ3v) is 10.1. The van der Waals surface area contributed by atoms with Crippen molar-refractivity contribution in [3.63, 3.8) is 0 Å². The molecule has 0 aromatic heterocycles. The zero-order valence-corrected chi connectivity index (χ0v) is 39.4. The Hall–Kier alpha value is -3.67. The van der Waals surface area contributed by atoms with Gasteiger partial charge in [-0.15, -0.1) is 0 Å². The average molecular weight is 847 g/mol. The van der Waals surface area contributed by atoms with Crippen LogP contribution in [0.5, 0.6) is 0 Å². The molecule has 0 aliphatic rings. The van der Waals surface area contributed by atoms with Gasteiger partial charge in [0.05, 0.1) is 0 Å². The number of hydrogen-bond acceptors (Lipinski definition) is 6. The second-order valence-corrected chi connectivity index (χ2v) is 16.0. The number of hydrogen-bond donors (Lipinski definition) is 0. The van der Waals surface area contributed by atoms with E-state index >= 15 is 0 Å². The molecule has 0 aromatic carbocycles. The monoisotopic (exact) mass is 847 g/mol. The topological polar surface area (TPSA) is 78.9 Å². The van der Waals surface area contributed by atoms with Crippen molar-refractivity contribution in [2.75, 3.05) is 13.2 Å². The highest BCUT2D eigenvalue weighted by Crippen LogP contribution is 2.15. The van der Waals surface area contributed by atoms with Gasteiger partial charge in [-0.1, -0.05) is 221 Å². The Bertz CT molecular complexity index is 1250. The Morgan fingerprint density at radius 1 is 0.344 bits per heavy atom. The highest BCUT2D eigenvalue weighted by molar-refractivity contribution is 5.71. The summed E-state index contributed by atoms with van der Waals surface area (Å²) in [7, 11) is 0. The van der Waals surface area contributed by atoms with Crippen LogP contribution >= 0.6 is 0 Å². The number of carbonyl (C=O) groups is 3. The van der Waals surface area contributed by atoms with Crippen LogP contribution in [-0.4, -0.2) is 37.2 Å². The Balaban J connectivity index is 4.51. The Morgan fingerprint density at radius 2 is 0.639 bits per heavy atom. The van der Waals surface area contributed by atoms with Crippen LogP contribution in [0, 0.1) is 0 Å². The predicted octanol–water partition coefficient (Wildman–Crippen LogP) is 16.2. The molecule has 61 heavy (non-hydrogen) atoms. The predicted molar refractivity (Wildman–Crippen MR) is 260 cm³/mol. The van der Waals surface area contributed by atoms with Gasteiger partial charge in [-0.2, -0.15) is 0 Å². The minimum Gasteiger partial charge on any atom is -0.462 e. The third kappa shape index (κ3) is 47.2. The summed E-state index contributed by atoms with van der Waals surface area (Å²) in [4.78, 5) is 37.8. The molecule has 0 N–H and O–H groups in total. The molecule has 346 valence electrons. The van der Waals surface area contributed by atoms with Gasteiger partial charge in [0, 0.05) is 19.3 Å². The molecule has 0 aliphatic heterocycles. The fourth-order valence-electron chi connectivity index (χ4n) is 6.47. The molecule has 6 heteroatoms. The molecule has 0 saturated heterocycles. The van der Waals surface area contributed by atoms with Crippen LogP contribution in [-0.2, 0) is 28.6 Å². The molecule has 0 fully saturated rings. The van der Waals surface area contributed by atoms with Crippen molar-refractivity contribution in [1.29, 1.82) is 0 Å². The first kappa shape index (κ1) is 57.3. The molecule has 0 heterocycles. The summed E-state index contributed by atoms with van der Waals surface area (Å²) in [5.74, 6) is -1.10. The van der Waals surface area contributed by atoms with Gasteiger partial charge in [0.15, 0.2) is 6.10 Å². The maximum absolute atomic E-state index is 12.7.